The van der Waals surface area contributed by atoms with Gasteiger partial charge in [0.25, 0.3) is 0 Å². The standard InChI is InChI=1S/C21H21N3O4/c1-12(25)14-6-8-15(9-7-14)23-20(27)18-11-19(18)21(28)24-17-5-3-4-16(10-17)22-13(2)26/h3-10,18-19H,11H2,1-2H3,(H,22,26)(H,23,27)(H,24,28). The molecule has 2 aromatic carbocycles. The van der Waals surface area contributed by atoms with Crippen LogP contribution in [-0.4, -0.2) is 23.5 Å². The molecule has 1 fully saturated rings. The molecule has 0 spiro atoms. The van der Waals surface area contributed by atoms with Crippen LogP contribution in [0.4, 0.5) is 17.1 Å². The zero-order chi connectivity index (χ0) is 20.3. The highest BCUT2D eigenvalue weighted by atomic mass is 16.2. The van der Waals surface area contributed by atoms with Gasteiger partial charge in [-0.1, -0.05) is 6.07 Å². The van der Waals surface area contributed by atoms with E-state index in [-0.39, 0.29) is 35.3 Å². The lowest BCUT2D eigenvalue weighted by molar-refractivity contribution is -0.122. The summed E-state index contributed by atoms with van der Waals surface area (Å²) in [6, 6.07) is 13.5. The lowest BCUT2D eigenvalue weighted by atomic mass is 10.1. The van der Waals surface area contributed by atoms with Gasteiger partial charge in [-0.15, -0.1) is 0 Å². The Bertz CT molecular complexity index is 937. The van der Waals surface area contributed by atoms with Crippen LogP contribution in [0.15, 0.2) is 48.5 Å². The molecule has 0 heterocycles. The number of amides is 3. The van der Waals surface area contributed by atoms with E-state index in [2.05, 4.69) is 16.0 Å². The predicted molar refractivity (Wildman–Crippen MR) is 106 cm³/mol. The molecule has 1 saturated carbocycles. The van der Waals surface area contributed by atoms with E-state index in [0.29, 0.717) is 29.0 Å². The van der Waals surface area contributed by atoms with Gasteiger partial charge in [0.05, 0.1) is 11.8 Å². The van der Waals surface area contributed by atoms with Gasteiger partial charge in [0.2, 0.25) is 17.7 Å². The Morgan fingerprint density at radius 1 is 0.750 bits per heavy atom. The number of hydrogen-bond acceptors (Lipinski definition) is 4. The highest BCUT2D eigenvalue weighted by Crippen LogP contribution is 2.40. The van der Waals surface area contributed by atoms with Crippen LogP contribution in [0.3, 0.4) is 0 Å². The fourth-order valence-corrected chi connectivity index (χ4v) is 2.91. The van der Waals surface area contributed by atoms with Crippen LogP contribution >= 0.6 is 0 Å². The molecule has 0 saturated heterocycles. The van der Waals surface area contributed by atoms with Gasteiger partial charge >= 0.3 is 0 Å². The molecule has 1 aliphatic carbocycles. The topological polar surface area (TPSA) is 104 Å². The molecule has 7 nitrogen and oxygen atoms in total. The third kappa shape index (κ3) is 4.82. The number of carbonyl (C=O) groups excluding carboxylic acids is 4. The first-order valence-electron chi connectivity index (χ1n) is 8.94. The van der Waals surface area contributed by atoms with Crippen LogP contribution in [0.25, 0.3) is 0 Å². The van der Waals surface area contributed by atoms with E-state index in [1.165, 1.54) is 13.8 Å². The number of nitrogens with one attached hydrogen (secondary N) is 3. The van der Waals surface area contributed by atoms with Gasteiger partial charge in [-0.2, -0.15) is 0 Å². The van der Waals surface area contributed by atoms with Crippen LogP contribution in [0.1, 0.15) is 30.6 Å². The molecule has 2 aromatic rings. The van der Waals surface area contributed by atoms with E-state index in [4.69, 9.17) is 0 Å². The van der Waals surface area contributed by atoms with E-state index < -0.39 is 0 Å². The summed E-state index contributed by atoms with van der Waals surface area (Å²) in [5.74, 6) is -1.46. The first-order valence-corrected chi connectivity index (χ1v) is 8.94. The summed E-state index contributed by atoms with van der Waals surface area (Å²) in [7, 11) is 0. The van der Waals surface area contributed by atoms with E-state index in [9.17, 15) is 19.2 Å². The molecule has 0 bridgehead atoms. The third-order valence-corrected chi connectivity index (χ3v) is 4.47. The number of Topliss-reactive ketones (excluding diaryl/α,β-unsaturated/α-hetero) is 1. The van der Waals surface area contributed by atoms with Gasteiger partial charge < -0.3 is 16.0 Å². The van der Waals surface area contributed by atoms with Crippen LogP contribution in [0, 0.1) is 11.8 Å². The number of benzene rings is 2. The molecule has 2 atom stereocenters. The summed E-state index contributed by atoms with van der Waals surface area (Å²) in [6.07, 6.45) is 0.481. The summed E-state index contributed by atoms with van der Waals surface area (Å²) in [6.45, 7) is 2.89. The van der Waals surface area contributed by atoms with Crippen LogP contribution in [-0.2, 0) is 14.4 Å². The minimum absolute atomic E-state index is 0.0422. The molecule has 0 aromatic heterocycles. The van der Waals surface area contributed by atoms with Crippen molar-refractivity contribution in [1.29, 1.82) is 0 Å². The van der Waals surface area contributed by atoms with Crippen LogP contribution < -0.4 is 16.0 Å². The second kappa shape index (κ2) is 8.04. The van der Waals surface area contributed by atoms with E-state index in [1.54, 1.807) is 48.5 Å². The Hall–Kier alpha value is -3.48. The van der Waals surface area contributed by atoms with Crippen LogP contribution in [0.2, 0.25) is 0 Å². The predicted octanol–water partition coefficient (Wildman–Crippen LogP) is 3.06. The van der Waals surface area contributed by atoms with Crippen molar-refractivity contribution in [3.63, 3.8) is 0 Å². The molecule has 0 radical (unpaired) electrons. The van der Waals surface area contributed by atoms with Crippen molar-refractivity contribution in [2.75, 3.05) is 16.0 Å². The fourth-order valence-electron chi connectivity index (χ4n) is 2.91. The van der Waals surface area contributed by atoms with Crippen LogP contribution in [0.5, 0.6) is 0 Å². The van der Waals surface area contributed by atoms with Crippen molar-refractivity contribution in [3.05, 3.63) is 54.1 Å². The summed E-state index contributed by atoms with van der Waals surface area (Å²) < 4.78 is 0. The van der Waals surface area contributed by atoms with Gasteiger partial charge in [-0.25, -0.2) is 0 Å². The molecule has 3 rings (SSSR count). The van der Waals surface area contributed by atoms with E-state index >= 15 is 0 Å². The number of rotatable bonds is 6. The largest absolute Gasteiger partial charge is 0.326 e. The quantitative estimate of drug-likeness (QED) is 0.671. The zero-order valence-corrected chi connectivity index (χ0v) is 15.6. The summed E-state index contributed by atoms with van der Waals surface area (Å²) >= 11 is 0. The fraction of sp³-hybridized carbons (Fsp3) is 0.238. The summed E-state index contributed by atoms with van der Waals surface area (Å²) in [5.41, 5.74) is 2.30. The van der Waals surface area contributed by atoms with Crippen molar-refractivity contribution in [2.24, 2.45) is 11.8 Å². The SMILES string of the molecule is CC(=O)Nc1cccc(NC(=O)C2CC2C(=O)Nc2ccc(C(C)=O)cc2)c1. The number of hydrogen-bond donors (Lipinski definition) is 3. The maximum absolute atomic E-state index is 12.4. The van der Waals surface area contributed by atoms with Crippen molar-refractivity contribution in [1.82, 2.24) is 0 Å². The maximum atomic E-state index is 12.4. The van der Waals surface area contributed by atoms with Gasteiger partial charge in [0, 0.05) is 29.5 Å². The molecule has 2 unspecified atom stereocenters. The molecular formula is C21H21N3O4. The average Bonchev–Trinajstić information content (AvgIpc) is 3.43. The zero-order valence-electron chi connectivity index (χ0n) is 15.6. The van der Waals surface area contributed by atoms with Gasteiger partial charge in [0.15, 0.2) is 5.78 Å². The highest BCUT2D eigenvalue weighted by molar-refractivity contribution is 6.03. The Kier molecular flexibility index (Phi) is 5.54. The number of anilines is 3. The second-order valence-corrected chi connectivity index (χ2v) is 6.82. The number of carbonyl (C=O) groups is 4. The summed E-state index contributed by atoms with van der Waals surface area (Å²) in [4.78, 5) is 47.1. The molecule has 28 heavy (non-hydrogen) atoms. The Balaban J connectivity index is 1.54. The van der Waals surface area contributed by atoms with Crippen molar-refractivity contribution < 1.29 is 19.2 Å². The molecule has 3 N–H and O–H groups in total. The monoisotopic (exact) mass is 379 g/mol. The van der Waals surface area contributed by atoms with E-state index in [0.717, 1.165) is 0 Å². The molecule has 0 aliphatic heterocycles. The van der Waals surface area contributed by atoms with Gasteiger partial charge in [-0.3, -0.25) is 19.2 Å². The second-order valence-electron chi connectivity index (χ2n) is 6.82. The Morgan fingerprint density at radius 3 is 1.82 bits per heavy atom. The van der Waals surface area contributed by atoms with Crippen molar-refractivity contribution in [2.45, 2.75) is 20.3 Å². The lowest BCUT2D eigenvalue weighted by Gasteiger charge is -2.08. The van der Waals surface area contributed by atoms with Gasteiger partial charge in [-0.05, 0) is 55.8 Å². The van der Waals surface area contributed by atoms with Crippen molar-refractivity contribution in [3.8, 4) is 0 Å². The maximum Gasteiger partial charge on any atom is 0.228 e. The number of ketones is 1. The Morgan fingerprint density at radius 2 is 1.29 bits per heavy atom. The molecule has 3 amide bonds. The first-order chi connectivity index (χ1) is 13.3. The smallest absolute Gasteiger partial charge is 0.228 e. The Labute approximate surface area is 162 Å². The first kappa shape index (κ1) is 19.3. The van der Waals surface area contributed by atoms with E-state index in [1.807, 2.05) is 0 Å². The third-order valence-electron chi connectivity index (χ3n) is 4.47. The normalized spacial score (nSPS) is 17.4. The molecular weight excluding hydrogens is 358 g/mol. The molecule has 1 aliphatic rings. The minimum Gasteiger partial charge on any atom is -0.326 e. The highest BCUT2D eigenvalue weighted by Gasteiger charge is 2.48. The summed E-state index contributed by atoms with van der Waals surface area (Å²) in [5, 5.41) is 8.20. The average molecular weight is 379 g/mol. The molecule has 7 heteroatoms. The van der Waals surface area contributed by atoms with Crippen molar-refractivity contribution >= 4 is 40.6 Å². The molecule has 144 valence electrons. The lowest BCUT2D eigenvalue weighted by Crippen LogP contribution is -2.20. The van der Waals surface area contributed by atoms with Gasteiger partial charge in [0.1, 0.15) is 0 Å². The minimum atomic E-state index is -0.388.